The van der Waals surface area contributed by atoms with E-state index in [-0.39, 0.29) is 11.1 Å². The summed E-state index contributed by atoms with van der Waals surface area (Å²) in [4.78, 5) is 13.9. The molecule has 2 aromatic rings. The fourth-order valence-corrected chi connectivity index (χ4v) is 1.53. The third-order valence-electron chi connectivity index (χ3n) is 2.28. The fourth-order valence-electron chi connectivity index (χ4n) is 1.53. The Balaban J connectivity index is 2.44. The molecule has 1 N–H and O–H groups in total. The molecular formula is C12H7F4NO2. The molecule has 2 rings (SSSR count). The molecule has 1 aromatic carbocycles. The summed E-state index contributed by atoms with van der Waals surface area (Å²) in [7, 11) is 0. The molecule has 0 unspecified atom stereocenters. The van der Waals surface area contributed by atoms with Crippen molar-refractivity contribution in [1.29, 1.82) is 0 Å². The van der Waals surface area contributed by atoms with Crippen LogP contribution in [0.15, 0.2) is 41.5 Å². The quantitative estimate of drug-likeness (QED) is 0.854. The molecule has 19 heavy (non-hydrogen) atoms. The van der Waals surface area contributed by atoms with Crippen LogP contribution in [0.2, 0.25) is 0 Å². The smallest absolute Gasteiger partial charge is 0.406 e. The zero-order valence-electron chi connectivity index (χ0n) is 9.29. The Morgan fingerprint density at radius 2 is 1.89 bits per heavy atom. The molecular weight excluding hydrogens is 266 g/mol. The Bertz CT molecular complexity index is 649. The Labute approximate surface area is 104 Å². The molecule has 0 amide bonds. The van der Waals surface area contributed by atoms with E-state index in [0.717, 1.165) is 18.3 Å². The van der Waals surface area contributed by atoms with Crippen molar-refractivity contribution in [3.05, 3.63) is 52.7 Å². The van der Waals surface area contributed by atoms with Crippen molar-refractivity contribution in [3.63, 3.8) is 0 Å². The van der Waals surface area contributed by atoms with Crippen LogP contribution in [0.25, 0.3) is 11.1 Å². The minimum Gasteiger partial charge on any atom is -0.406 e. The molecule has 0 aliphatic rings. The number of alkyl halides is 3. The molecule has 0 aliphatic carbocycles. The summed E-state index contributed by atoms with van der Waals surface area (Å²) in [6.45, 7) is 0. The van der Waals surface area contributed by atoms with E-state index >= 15 is 0 Å². The number of aromatic nitrogens is 1. The van der Waals surface area contributed by atoms with E-state index in [0.29, 0.717) is 0 Å². The maximum atomic E-state index is 13.1. The van der Waals surface area contributed by atoms with Crippen LogP contribution in [-0.2, 0) is 0 Å². The highest BCUT2D eigenvalue weighted by Gasteiger charge is 2.31. The number of nitrogens with one attached hydrogen (secondary N) is 1. The maximum Gasteiger partial charge on any atom is 0.573 e. The van der Waals surface area contributed by atoms with Crippen molar-refractivity contribution in [2.45, 2.75) is 6.36 Å². The van der Waals surface area contributed by atoms with Crippen LogP contribution in [0, 0.1) is 5.82 Å². The third-order valence-corrected chi connectivity index (χ3v) is 2.28. The van der Waals surface area contributed by atoms with Crippen LogP contribution in [0.4, 0.5) is 17.6 Å². The van der Waals surface area contributed by atoms with Gasteiger partial charge in [-0.05, 0) is 17.7 Å². The van der Waals surface area contributed by atoms with Crippen LogP contribution in [0.1, 0.15) is 0 Å². The van der Waals surface area contributed by atoms with Crippen molar-refractivity contribution >= 4 is 0 Å². The highest BCUT2D eigenvalue weighted by atomic mass is 19.4. The second kappa shape index (κ2) is 4.75. The lowest BCUT2D eigenvalue weighted by molar-refractivity contribution is -0.274. The number of benzene rings is 1. The van der Waals surface area contributed by atoms with Crippen LogP contribution in [0.3, 0.4) is 0 Å². The van der Waals surface area contributed by atoms with Crippen LogP contribution in [-0.4, -0.2) is 11.3 Å². The molecule has 1 aromatic heterocycles. The number of aromatic amines is 1. The monoisotopic (exact) mass is 273 g/mol. The predicted octanol–water partition coefficient (Wildman–Crippen LogP) is 3.08. The molecule has 0 spiro atoms. The first-order valence-electron chi connectivity index (χ1n) is 5.09. The lowest BCUT2D eigenvalue weighted by Crippen LogP contribution is -2.17. The van der Waals surface area contributed by atoms with Crippen molar-refractivity contribution in [1.82, 2.24) is 4.98 Å². The number of hydrogen-bond acceptors (Lipinski definition) is 2. The van der Waals surface area contributed by atoms with E-state index in [1.165, 1.54) is 18.3 Å². The molecule has 1 heterocycles. The molecule has 0 bridgehead atoms. The van der Waals surface area contributed by atoms with Crippen LogP contribution < -0.4 is 10.2 Å². The molecule has 3 nitrogen and oxygen atoms in total. The van der Waals surface area contributed by atoms with E-state index in [4.69, 9.17) is 0 Å². The number of rotatable bonds is 2. The Hall–Kier alpha value is -2.31. The van der Waals surface area contributed by atoms with Gasteiger partial charge in [0.1, 0.15) is 5.75 Å². The normalized spacial score (nSPS) is 11.4. The molecule has 0 fully saturated rings. The van der Waals surface area contributed by atoms with E-state index in [1.54, 1.807) is 0 Å². The Morgan fingerprint density at radius 3 is 2.58 bits per heavy atom. The lowest BCUT2D eigenvalue weighted by Gasteiger charge is -2.09. The first kappa shape index (κ1) is 13.1. The highest BCUT2D eigenvalue weighted by molar-refractivity contribution is 5.64. The van der Waals surface area contributed by atoms with Gasteiger partial charge in [-0.1, -0.05) is 12.1 Å². The average Bonchev–Trinajstić information content (AvgIpc) is 2.31. The number of pyridine rings is 1. The average molecular weight is 273 g/mol. The van der Waals surface area contributed by atoms with E-state index < -0.39 is 23.4 Å². The van der Waals surface area contributed by atoms with E-state index in [2.05, 4.69) is 9.72 Å². The molecule has 7 heteroatoms. The van der Waals surface area contributed by atoms with Gasteiger partial charge in [0, 0.05) is 18.0 Å². The van der Waals surface area contributed by atoms with Crippen molar-refractivity contribution in [3.8, 4) is 16.9 Å². The van der Waals surface area contributed by atoms with Crippen molar-refractivity contribution < 1.29 is 22.3 Å². The summed E-state index contributed by atoms with van der Waals surface area (Å²) < 4.78 is 53.0. The number of ether oxygens (including phenoxy) is 1. The summed E-state index contributed by atoms with van der Waals surface area (Å²) >= 11 is 0. The van der Waals surface area contributed by atoms with Gasteiger partial charge in [0.15, 0.2) is 5.82 Å². The van der Waals surface area contributed by atoms with Crippen molar-refractivity contribution in [2.75, 3.05) is 0 Å². The molecule has 0 radical (unpaired) electrons. The van der Waals surface area contributed by atoms with Crippen LogP contribution in [0.5, 0.6) is 5.75 Å². The molecule has 0 saturated heterocycles. The summed E-state index contributed by atoms with van der Waals surface area (Å²) in [5.41, 5.74) is -0.849. The molecule has 0 atom stereocenters. The second-order valence-corrected chi connectivity index (χ2v) is 3.62. The first-order valence-corrected chi connectivity index (χ1v) is 5.09. The van der Waals surface area contributed by atoms with Gasteiger partial charge in [0.2, 0.25) is 5.43 Å². The third kappa shape index (κ3) is 3.12. The predicted molar refractivity (Wildman–Crippen MR) is 59.1 cm³/mol. The number of hydrogen-bond donors (Lipinski definition) is 1. The second-order valence-electron chi connectivity index (χ2n) is 3.62. The van der Waals surface area contributed by atoms with E-state index in [9.17, 15) is 22.4 Å². The summed E-state index contributed by atoms with van der Waals surface area (Å²) in [5, 5.41) is 0. The van der Waals surface area contributed by atoms with Gasteiger partial charge in [-0.3, -0.25) is 4.79 Å². The van der Waals surface area contributed by atoms with Gasteiger partial charge >= 0.3 is 6.36 Å². The lowest BCUT2D eigenvalue weighted by atomic mass is 10.1. The Kier molecular flexibility index (Phi) is 3.28. The Morgan fingerprint density at radius 1 is 1.16 bits per heavy atom. The molecule has 0 aliphatic heterocycles. The van der Waals surface area contributed by atoms with Gasteiger partial charge in [-0.25, -0.2) is 4.39 Å². The number of halogens is 4. The first-order chi connectivity index (χ1) is 8.87. The van der Waals surface area contributed by atoms with Crippen LogP contribution >= 0.6 is 0 Å². The minimum atomic E-state index is -4.83. The molecule has 0 saturated carbocycles. The van der Waals surface area contributed by atoms with Crippen molar-refractivity contribution in [2.24, 2.45) is 0 Å². The van der Waals surface area contributed by atoms with Gasteiger partial charge in [0.25, 0.3) is 0 Å². The van der Waals surface area contributed by atoms with Gasteiger partial charge in [0.05, 0.1) is 0 Å². The SMILES string of the molecule is O=c1c(F)c[nH]cc1-c1cccc(OC(F)(F)F)c1. The number of H-pyrrole nitrogens is 1. The fraction of sp³-hybridized carbons (Fsp3) is 0.0833. The summed E-state index contributed by atoms with van der Waals surface area (Å²) in [6, 6.07) is 4.76. The zero-order valence-corrected chi connectivity index (χ0v) is 9.29. The molecule has 100 valence electrons. The highest BCUT2D eigenvalue weighted by Crippen LogP contribution is 2.26. The largest absolute Gasteiger partial charge is 0.573 e. The van der Waals surface area contributed by atoms with Gasteiger partial charge in [-0.2, -0.15) is 0 Å². The van der Waals surface area contributed by atoms with Gasteiger partial charge in [-0.15, -0.1) is 13.2 Å². The topological polar surface area (TPSA) is 42.1 Å². The maximum absolute atomic E-state index is 13.1. The van der Waals surface area contributed by atoms with E-state index in [1.807, 2.05) is 0 Å². The summed E-state index contributed by atoms with van der Waals surface area (Å²) in [5.74, 6) is -1.49. The minimum absolute atomic E-state index is 0.0763. The standard InChI is InChI=1S/C12H7F4NO2/c13-10-6-17-5-9(11(10)18)7-2-1-3-8(4-7)19-12(14,15)16/h1-6H,(H,17,18). The zero-order chi connectivity index (χ0) is 14.0. The summed E-state index contributed by atoms with van der Waals surface area (Å²) in [6.07, 6.45) is -2.76. The van der Waals surface area contributed by atoms with Gasteiger partial charge < -0.3 is 9.72 Å².